The van der Waals surface area contributed by atoms with Crippen molar-refractivity contribution in [3.8, 4) is 0 Å². The van der Waals surface area contributed by atoms with Crippen molar-refractivity contribution in [2.45, 2.75) is 31.9 Å². The van der Waals surface area contributed by atoms with Crippen LogP contribution >= 0.6 is 11.8 Å². The van der Waals surface area contributed by atoms with Gasteiger partial charge in [-0.1, -0.05) is 20.3 Å². The third kappa shape index (κ3) is 4.47. The maximum absolute atomic E-state index is 5.32. The fourth-order valence-electron chi connectivity index (χ4n) is 0.654. The lowest BCUT2D eigenvalue weighted by Gasteiger charge is -2.05. The zero-order valence-electron chi connectivity index (χ0n) is 5.68. The van der Waals surface area contributed by atoms with Crippen molar-refractivity contribution in [2.75, 3.05) is 5.88 Å². The van der Waals surface area contributed by atoms with Crippen LogP contribution in [0.2, 0.25) is 0 Å². The van der Waals surface area contributed by atoms with Crippen LogP contribution in [0.4, 0.5) is 0 Å². The van der Waals surface area contributed by atoms with E-state index in [2.05, 4.69) is 13.8 Å². The Bertz CT molecular complexity index is 41.8. The highest BCUT2D eigenvalue weighted by molar-refractivity contribution is 7.99. The van der Waals surface area contributed by atoms with E-state index in [1.165, 1.54) is 12.8 Å². The lowest BCUT2D eigenvalue weighted by molar-refractivity contribution is 0.787. The van der Waals surface area contributed by atoms with Gasteiger partial charge in [0, 0.05) is 11.1 Å². The second-order valence-electron chi connectivity index (χ2n) is 1.93. The average Bonchev–Trinajstić information content (AvgIpc) is 1.68. The predicted molar refractivity (Wildman–Crippen MR) is 41.0 cm³/mol. The van der Waals surface area contributed by atoms with Crippen molar-refractivity contribution < 1.29 is 0 Å². The molecule has 0 aromatic carbocycles. The van der Waals surface area contributed by atoms with Crippen molar-refractivity contribution in [3.05, 3.63) is 0 Å². The Kier molecular flexibility index (Phi) is 5.66. The fourth-order valence-corrected chi connectivity index (χ4v) is 1.39. The Hall–Kier alpha value is 0.310. The van der Waals surface area contributed by atoms with E-state index in [1.54, 1.807) is 0 Å². The summed E-state index contributed by atoms with van der Waals surface area (Å²) in [5, 5.41) is 0.755. The quantitative estimate of drug-likeness (QED) is 0.592. The minimum Gasteiger partial charge on any atom is -0.322 e. The predicted octanol–water partition coefficient (Wildman–Crippen LogP) is 1.82. The Morgan fingerprint density at radius 1 is 1.62 bits per heavy atom. The zero-order valence-corrected chi connectivity index (χ0v) is 6.50. The first kappa shape index (κ1) is 8.31. The minimum atomic E-state index is 0.755. The standard InChI is InChI=1S/C6H15NS/c1-3-4-6(2)8-5-7/h6H,3-5,7H2,1-2H3. The summed E-state index contributed by atoms with van der Waals surface area (Å²) in [6.45, 7) is 4.43. The smallest absolute Gasteiger partial charge is 0.0395 e. The van der Waals surface area contributed by atoms with Gasteiger partial charge in [0.15, 0.2) is 0 Å². The van der Waals surface area contributed by atoms with Gasteiger partial charge in [-0.25, -0.2) is 0 Å². The van der Waals surface area contributed by atoms with Crippen molar-refractivity contribution in [2.24, 2.45) is 5.73 Å². The topological polar surface area (TPSA) is 26.0 Å². The summed E-state index contributed by atoms with van der Waals surface area (Å²) >= 11 is 1.83. The second-order valence-corrected chi connectivity index (χ2v) is 3.40. The van der Waals surface area contributed by atoms with Crippen LogP contribution in [0.1, 0.15) is 26.7 Å². The molecule has 0 fully saturated rings. The molecule has 1 nitrogen and oxygen atoms in total. The first-order valence-electron chi connectivity index (χ1n) is 3.13. The molecule has 0 aromatic heterocycles. The number of thioether (sulfide) groups is 1. The Labute approximate surface area is 56.0 Å². The molecule has 0 amide bonds. The van der Waals surface area contributed by atoms with E-state index in [4.69, 9.17) is 5.73 Å². The van der Waals surface area contributed by atoms with E-state index in [1.807, 2.05) is 11.8 Å². The van der Waals surface area contributed by atoms with E-state index >= 15 is 0 Å². The minimum absolute atomic E-state index is 0.755. The third-order valence-corrected chi connectivity index (χ3v) is 2.07. The van der Waals surface area contributed by atoms with Gasteiger partial charge in [-0.05, 0) is 6.42 Å². The molecule has 0 saturated heterocycles. The Morgan fingerprint density at radius 2 is 2.25 bits per heavy atom. The maximum Gasteiger partial charge on any atom is 0.0395 e. The molecule has 1 atom stereocenters. The number of hydrogen-bond donors (Lipinski definition) is 1. The molecule has 1 unspecified atom stereocenters. The molecule has 0 aromatic rings. The summed E-state index contributed by atoms with van der Waals surface area (Å²) in [6.07, 6.45) is 2.57. The average molecular weight is 133 g/mol. The van der Waals surface area contributed by atoms with Crippen molar-refractivity contribution in [1.29, 1.82) is 0 Å². The van der Waals surface area contributed by atoms with Gasteiger partial charge < -0.3 is 5.73 Å². The van der Waals surface area contributed by atoms with Crippen molar-refractivity contribution >= 4 is 11.8 Å². The van der Waals surface area contributed by atoms with Crippen LogP contribution in [0.3, 0.4) is 0 Å². The summed E-state index contributed by atoms with van der Waals surface area (Å²) in [5.41, 5.74) is 5.32. The first-order chi connectivity index (χ1) is 3.81. The molecule has 2 heteroatoms. The molecule has 0 bridgehead atoms. The van der Waals surface area contributed by atoms with Gasteiger partial charge in [0.05, 0.1) is 0 Å². The second kappa shape index (κ2) is 5.45. The maximum atomic E-state index is 5.32. The lowest BCUT2D eigenvalue weighted by Crippen LogP contribution is -2.01. The molecule has 0 rings (SSSR count). The van der Waals surface area contributed by atoms with Crippen LogP contribution in [-0.4, -0.2) is 11.1 Å². The van der Waals surface area contributed by atoms with Gasteiger partial charge >= 0.3 is 0 Å². The highest BCUT2D eigenvalue weighted by atomic mass is 32.2. The highest BCUT2D eigenvalue weighted by Gasteiger charge is 1.96. The zero-order chi connectivity index (χ0) is 6.41. The normalized spacial score (nSPS) is 13.9. The fraction of sp³-hybridized carbons (Fsp3) is 1.00. The molecule has 0 radical (unpaired) electrons. The highest BCUT2D eigenvalue weighted by Crippen LogP contribution is 2.12. The molecular weight excluding hydrogens is 118 g/mol. The lowest BCUT2D eigenvalue weighted by atomic mass is 10.3. The number of hydrogen-bond acceptors (Lipinski definition) is 2. The molecule has 50 valence electrons. The molecule has 2 N–H and O–H groups in total. The molecular formula is C6H15NS. The van der Waals surface area contributed by atoms with E-state index < -0.39 is 0 Å². The van der Waals surface area contributed by atoms with Crippen LogP contribution < -0.4 is 5.73 Å². The molecule has 0 aliphatic rings. The van der Waals surface area contributed by atoms with Gasteiger partial charge in [0.2, 0.25) is 0 Å². The number of nitrogens with two attached hydrogens (primary N) is 1. The van der Waals surface area contributed by atoms with Crippen molar-refractivity contribution in [1.82, 2.24) is 0 Å². The number of rotatable bonds is 4. The monoisotopic (exact) mass is 133 g/mol. The van der Waals surface area contributed by atoms with Crippen LogP contribution in [0.15, 0.2) is 0 Å². The first-order valence-corrected chi connectivity index (χ1v) is 4.17. The Morgan fingerprint density at radius 3 is 2.62 bits per heavy atom. The summed E-state index contributed by atoms with van der Waals surface area (Å²) < 4.78 is 0. The summed E-state index contributed by atoms with van der Waals surface area (Å²) in [4.78, 5) is 0. The summed E-state index contributed by atoms with van der Waals surface area (Å²) in [7, 11) is 0. The van der Waals surface area contributed by atoms with Gasteiger partial charge in [0.25, 0.3) is 0 Å². The molecule has 0 saturated carbocycles. The van der Waals surface area contributed by atoms with E-state index in [0.29, 0.717) is 0 Å². The van der Waals surface area contributed by atoms with Gasteiger partial charge in [0.1, 0.15) is 0 Å². The molecule has 0 heterocycles. The molecule has 0 aliphatic heterocycles. The van der Waals surface area contributed by atoms with E-state index in [9.17, 15) is 0 Å². The van der Waals surface area contributed by atoms with Gasteiger partial charge in [-0.3, -0.25) is 0 Å². The van der Waals surface area contributed by atoms with Crippen molar-refractivity contribution in [3.63, 3.8) is 0 Å². The SMILES string of the molecule is CCCC(C)SCN. The summed E-state index contributed by atoms with van der Waals surface area (Å²) in [6, 6.07) is 0. The van der Waals surface area contributed by atoms with Crippen LogP contribution in [0, 0.1) is 0 Å². The largest absolute Gasteiger partial charge is 0.322 e. The summed E-state index contributed by atoms with van der Waals surface area (Å²) in [5.74, 6) is 0.765. The molecule has 0 aliphatic carbocycles. The van der Waals surface area contributed by atoms with Gasteiger partial charge in [-0.2, -0.15) is 0 Å². The van der Waals surface area contributed by atoms with Gasteiger partial charge in [-0.15, -0.1) is 11.8 Å². The molecule has 8 heavy (non-hydrogen) atoms. The van der Waals surface area contributed by atoms with E-state index in [0.717, 1.165) is 11.1 Å². The Balaban J connectivity index is 2.92. The van der Waals surface area contributed by atoms with Crippen LogP contribution in [-0.2, 0) is 0 Å². The van der Waals surface area contributed by atoms with Crippen LogP contribution in [0.25, 0.3) is 0 Å². The van der Waals surface area contributed by atoms with Crippen LogP contribution in [0.5, 0.6) is 0 Å². The third-order valence-electron chi connectivity index (χ3n) is 1.08. The van der Waals surface area contributed by atoms with E-state index in [-0.39, 0.29) is 0 Å². The molecule has 0 spiro atoms.